The van der Waals surface area contributed by atoms with Gasteiger partial charge in [-0.1, -0.05) is 11.6 Å². The number of rotatable bonds is 4. The molecule has 0 aliphatic heterocycles. The Labute approximate surface area is 113 Å². The summed E-state index contributed by atoms with van der Waals surface area (Å²) in [4.78, 5) is 11.0. The van der Waals surface area contributed by atoms with E-state index in [0.29, 0.717) is 10.1 Å². The maximum Gasteiger partial charge on any atom is 0.433 e. The van der Waals surface area contributed by atoms with Crippen LogP contribution >= 0.6 is 22.9 Å². The monoisotopic (exact) mass is 286 g/mol. The molecular formula is C11H11ClN2O3S. The topological polar surface area (TPSA) is 68.3 Å². The van der Waals surface area contributed by atoms with Gasteiger partial charge in [0.25, 0.3) is 0 Å². The Morgan fingerprint density at radius 3 is 2.72 bits per heavy atom. The van der Waals surface area contributed by atoms with Gasteiger partial charge in [0.1, 0.15) is 16.7 Å². The average molecular weight is 287 g/mol. The van der Waals surface area contributed by atoms with Gasteiger partial charge in [0.15, 0.2) is 0 Å². The van der Waals surface area contributed by atoms with Gasteiger partial charge >= 0.3 is 5.88 Å². The molecule has 0 aromatic carbocycles. The lowest BCUT2D eigenvalue weighted by molar-refractivity contribution is -0.402. The van der Waals surface area contributed by atoms with Crippen molar-refractivity contribution in [3.8, 4) is 0 Å². The van der Waals surface area contributed by atoms with E-state index in [9.17, 15) is 10.1 Å². The summed E-state index contributed by atoms with van der Waals surface area (Å²) in [5.41, 5.74) is 0.984. The van der Waals surface area contributed by atoms with Crippen LogP contribution in [0.2, 0.25) is 4.34 Å². The second kappa shape index (κ2) is 5.09. The van der Waals surface area contributed by atoms with Crippen LogP contribution < -0.4 is 5.32 Å². The summed E-state index contributed by atoms with van der Waals surface area (Å²) in [6.07, 6.45) is 0. The van der Waals surface area contributed by atoms with Crippen molar-refractivity contribution >= 4 is 28.8 Å². The van der Waals surface area contributed by atoms with E-state index in [1.807, 2.05) is 13.0 Å². The number of halogens is 1. The molecule has 0 spiro atoms. The third-order valence-electron chi connectivity index (χ3n) is 2.53. The Bertz CT molecular complexity index is 559. The molecule has 2 heterocycles. The SMILES string of the molecule is CNC(c1ccc([N+](=O)[O-])o1)c1cc(C)c(Cl)s1. The maximum atomic E-state index is 10.6. The van der Waals surface area contributed by atoms with Crippen molar-refractivity contribution < 1.29 is 9.34 Å². The Hall–Kier alpha value is -1.37. The molecule has 0 bridgehead atoms. The van der Waals surface area contributed by atoms with Crippen LogP contribution in [0.1, 0.15) is 22.2 Å². The fraction of sp³-hybridized carbons (Fsp3) is 0.273. The predicted molar refractivity (Wildman–Crippen MR) is 70.3 cm³/mol. The molecule has 0 saturated heterocycles. The molecule has 1 unspecified atom stereocenters. The summed E-state index contributed by atoms with van der Waals surface area (Å²) < 4.78 is 5.92. The van der Waals surface area contributed by atoms with Crippen molar-refractivity contribution in [1.82, 2.24) is 5.32 Å². The van der Waals surface area contributed by atoms with Crippen molar-refractivity contribution in [1.29, 1.82) is 0 Å². The van der Waals surface area contributed by atoms with Crippen LogP contribution in [0.4, 0.5) is 5.88 Å². The third-order valence-corrected chi connectivity index (χ3v) is 4.15. The second-order valence-corrected chi connectivity index (χ2v) is 5.45. The van der Waals surface area contributed by atoms with Crippen molar-refractivity contribution in [2.75, 3.05) is 7.05 Å². The van der Waals surface area contributed by atoms with Crippen LogP contribution in [0.3, 0.4) is 0 Å². The Kier molecular flexibility index (Phi) is 3.70. The van der Waals surface area contributed by atoms with Gasteiger partial charge in [0.05, 0.1) is 10.4 Å². The van der Waals surface area contributed by atoms with Gasteiger partial charge in [-0.25, -0.2) is 0 Å². The molecular weight excluding hydrogens is 276 g/mol. The minimum Gasteiger partial charge on any atom is -0.404 e. The first kappa shape index (κ1) is 13.1. The molecule has 18 heavy (non-hydrogen) atoms. The zero-order valence-corrected chi connectivity index (χ0v) is 11.3. The molecule has 96 valence electrons. The zero-order chi connectivity index (χ0) is 13.3. The fourth-order valence-electron chi connectivity index (χ4n) is 1.65. The highest BCUT2D eigenvalue weighted by atomic mass is 35.5. The van der Waals surface area contributed by atoms with Crippen molar-refractivity contribution in [2.24, 2.45) is 0 Å². The molecule has 1 N–H and O–H groups in total. The first-order valence-electron chi connectivity index (χ1n) is 5.20. The van der Waals surface area contributed by atoms with Crippen LogP contribution in [-0.4, -0.2) is 12.0 Å². The Balaban J connectivity index is 2.35. The number of nitrogens with one attached hydrogen (secondary N) is 1. The van der Waals surface area contributed by atoms with Crippen molar-refractivity contribution in [2.45, 2.75) is 13.0 Å². The fourth-order valence-corrected chi connectivity index (χ4v) is 2.98. The van der Waals surface area contributed by atoms with Crippen molar-refractivity contribution in [3.63, 3.8) is 0 Å². The zero-order valence-electron chi connectivity index (χ0n) is 9.77. The lowest BCUT2D eigenvalue weighted by atomic mass is 10.2. The van der Waals surface area contributed by atoms with Crippen LogP contribution in [0.25, 0.3) is 0 Å². The minimum absolute atomic E-state index is 0.227. The van der Waals surface area contributed by atoms with E-state index in [0.717, 1.165) is 10.4 Å². The predicted octanol–water partition coefficient (Wildman–Crippen LogP) is 3.52. The number of aryl methyl sites for hydroxylation is 1. The highest BCUT2D eigenvalue weighted by Gasteiger charge is 2.22. The quantitative estimate of drug-likeness (QED) is 0.690. The Morgan fingerprint density at radius 2 is 2.28 bits per heavy atom. The molecule has 0 amide bonds. The van der Waals surface area contributed by atoms with Gasteiger partial charge in [-0.2, -0.15) is 0 Å². The minimum atomic E-state index is -0.553. The van der Waals surface area contributed by atoms with E-state index in [-0.39, 0.29) is 11.9 Å². The third kappa shape index (κ3) is 2.40. The molecule has 2 rings (SSSR count). The number of thiophene rings is 1. The molecule has 2 aromatic rings. The number of furan rings is 1. The van der Waals surface area contributed by atoms with Crippen LogP contribution in [0.5, 0.6) is 0 Å². The molecule has 0 aliphatic rings. The van der Waals surface area contributed by atoms with Gasteiger partial charge < -0.3 is 9.73 Å². The first-order valence-corrected chi connectivity index (χ1v) is 6.39. The smallest absolute Gasteiger partial charge is 0.404 e. The molecule has 0 fully saturated rings. The number of hydrogen-bond donors (Lipinski definition) is 1. The normalized spacial score (nSPS) is 12.6. The van der Waals surface area contributed by atoms with Gasteiger partial charge in [-0.05, 0) is 31.7 Å². The molecule has 0 radical (unpaired) electrons. The summed E-state index contributed by atoms with van der Waals surface area (Å²) in [7, 11) is 1.77. The number of nitrogens with zero attached hydrogens (tertiary/aromatic N) is 1. The molecule has 0 saturated carbocycles. The second-order valence-electron chi connectivity index (χ2n) is 3.76. The highest BCUT2D eigenvalue weighted by Crippen LogP contribution is 2.35. The summed E-state index contributed by atoms with van der Waals surface area (Å²) in [5.74, 6) is 0.242. The summed E-state index contributed by atoms with van der Waals surface area (Å²) in [5, 5.41) is 13.7. The lowest BCUT2D eigenvalue weighted by Gasteiger charge is -2.10. The van der Waals surface area contributed by atoms with Crippen molar-refractivity contribution in [3.05, 3.63) is 48.9 Å². The largest absolute Gasteiger partial charge is 0.433 e. The maximum absolute atomic E-state index is 10.6. The van der Waals surface area contributed by atoms with Crippen LogP contribution in [-0.2, 0) is 0 Å². The van der Waals surface area contributed by atoms with Gasteiger partial charge in [0.2, 0.25) is 0 Å². The highest BCUT2D eigenvalue weighted by molar-refractivity contribution is 7.16. The van der Waals surface area contributed by atoms with Gasteiger partial charge in [-0.3, -0.25) is 10.1 Å². The van der Waals surface area contributed by atoms with Crippen LogP contribution in [0.15, 0.2) is 22.6 Å². The standard InChI is InChI=1S/C11H11ClN2O3S/c1-6-5-8(18-11(6)12)10(13-2)7-3-4-9(17-7)14(15)16/h3-5,10,13H,1-2H3. The number of hydrogen-bond acceptors (Lipinski definition) is 5. The molecule has 5 nitrogen and oxygen atoms in total. The van der Waals surface area contributed by atoms with E-state index in [4.69, 9.17) is 16.0 Å². The first-order chi connectivity index (χ1) is 8.52. The Morgan fingerprint density at radius 1 is 1.56 bits per heavy atom. The molecule has 1 atom stereocenters. The lowest BCUT2D eigenvalue weighted by Crippen LogP contribution is -2.15. The summed E-state index contributed by atoms with van der Waals surface area (Å²) in [6.45, 7) is 1.92. The van der Waals surface area contributed by atoms with Crippen LogP contribution in [0, 0.1) is 17.0 Å². The van der Waals surface area contributed by atoms with E-state index in [1.54, 1.807) is 13.1 Å². The van der Waals surface area contributed by atoms with E-state index < -0.39 is 4.92 Å². The van der Waals surface area contributed by atoms with E-state index in [2.05, 4.69) is 5.32 Å². The summed E-state index contributed by atoms with van der Waals surface area (Å²) in [6, 6.07) is 4.67. The number of nitro groups is 1. The van der Waals surface area contributed by atoms with E-state index >= 15 is 0 Å². The molecule has 2 aromatic heterocycles. The average Bonchev–Trinajstić information content (AvgIpc) is 2.89. The molecule has 7 heteroatoms. The van der Waals surface area contributed by atoms with Gasteiger partial charge in [-0.15, -0.1) is 11.3 Å². The van der Waals surface area contributed by atoms with E-state index in [1.165, 1.54) is 17.4 Å². The summed E-state index contributed by atoms with van der Waals surface area (Å²) >= 11 is 7.46. The van der Waals surface area contributed by atoms with Gasteiger partial charge in [0, 0.05) is 4.88 Å². The molecule has 0 aliphatic carbocycles.